The van der Waals surface area contributed by atoms with Crippen molar-refractivity contribution in [3.8, 4) is 5.82 Å². The van der Waals surface area contributed by atoms with Gasteiger partial charge in [-0.2, -0.15) is 0 Å². The first-order valence-corrected chi connectivity index (χ1v) is 7.76. The fraction of sp³-hybridized carbons (Fsp3) is 0.235. The molecule has 2 N–H and O–H groups in total. The van der Waals surface area contributed by atoms with E-state index in [1.165, 1.54) is 0 Å². The molecule has 8 heteroatoms. The number of hydrogen-bond acceptors (Lipinski definition) is 5. The van der Waals surface area contributed by atoms with Gasteiger partial charge in [0.15, 0.2) is 0 Å². The second-order valence-corrected chi connectivity index (χ2v) is 5.34. The summed E-state index contributed by atoms with van der Waals surface area (Å²) in [7, 11) is 1.57. The summed E-state index contributed by atoms with van der Waals surface area (Å²) in [6.07, 6.45) is 8.47. The number of hydrogen-bond donors (Lipinski definition) is 2. The Labute approximate surface area is 144 Å². The molecule has 0 bridgehead atoms. The predicted molar refractivity (Wildman–Crippen MR) is 90.1 cm³/mol. The molecule has 1 atom stereocenters. The number of carbonyl (C=O) groups is 1. The first-order chi connectivity index (χ1) is 12.3. The average molecular weight is 341 g/mol. The Morgan fingerprint density at radius 2 is 2.32 bits per heavy atom. The molecule has 0 aliphatic rings. The standard InChI is InChI=1S/C17H19N5O3/c1-24-11-14(15-3-2-8-25-15)21-17(23)20-10-13-4-5-16(19-9-13)22-7-6-18-12-22/h2-9,12,14H,10-11H2,1H3,(H2,20,21,23). The Bertz CT molecular complexity index is 769. The fourth-order valence-corrected chi connectivity index (χ4v) is 2.31. The van der Waals surface area contributed by atoms with E-state index in [0.29, 0.717) is 18.9 Å². The van der Waals surface area contributed by atoms with Gasteiger partial charge in [0.25, 0.3) is 0 Å². The number of nitrogens with zero attached hydrogens (tertiary/aromatic N) is 3. The number of carbonyl (C=O) groups excluding carboxylic acids is 1. The van der Waals surface area contributed by atoms with Crippen LogP contribution in [-0.2, 0) is 11.3 Å². The van der Waals surface area contributed by atoms with Gasteiger partial charge in [-0.1, -0.05) is 6.07 Å². The molecular formula is C17H19N5O3. The van der Waals surface area contributed by atoms with Crippen molar-refractivity contribution >= 4 is 6.03 Å². The first kappa shape index (κ1) is 16.7. The molecular weight excluding hydrogens is 322 g/mol. The zero-order valence-electron chi connectivity index (χ0n) is 13.8. The van der Waals surface area contributed by atoms with Gasteiger partial charge in [-0.3, -0.25) is 4.57 Å². The molecule has 3 heterocycles. The highest BCUT2D eigenvalue weighted by Crippen LogP contribution is 2.13. The summed E-state index contributed by atoms with van der Waals surface area (Å²) in [6, 6.07) is 6.68. The Morgan fingerprint density at radius 1 is 1.40 bits per heavy atom. The molecule has 0 radical (unpaired) electrons. The smallest absolute Gasteiger partial charge is 0.315 e. The van der Waals surface area contributed by atoms with Crippen LogP contribution in [0.4, 0.5) is 4.79 Å². The number of rotatable bonds is 7. The van der Waals surface area contributed by atoms with Crippen LogP contribution in [0.1, 0.15) is 17.4 Å². The molecule has 0 aliphatic carbocycles. The molecule has 25 heavy (non-hydrogen) atoms. The maximum atomic E-state index is 12.1. The van der Waals surface area contributed by atoms with E-state index in [1.54, 1.807) is 44.2 Å². The topological polar surface area (TPSA) is 94.2 Å². The molecule has 130 valence electrons. The van der Waals surface area contributed by atoms with Crippen LogP contribution in [0.15, 0.2) is 59.9 Å². The number of methoxy groups -OCH3 is 1. The lowest BCUT2D eigenvalue weighted by atomic mass is 10.2. The third-order valence-corrected chi connectivity index (χ3v) is 3.56. The number of urea groups is 1. The molecule has 1 unspecified atom stereocenters. The summed E-state index contributed by atoms with van der Waals surface area (Å²) in [6.45, 7) is 0.684. The average Bonchev–Trinajstić information content (AvgIpc) is 3.33. The van der Waals surface area contributed by atoms with Crippen molar-refractivity contribution in [3.05, 3.63) is 66.8 Å². The monoisotopic (exact) mass is 341 g/mol. The van der Waals surface area contributed by atoms with E-state index in [1.807, 2.05) is 22.9 Å². The molecule has 8 nitrogen and oxygen atoms in total. The van der Waals surface area contributed by atoms with Gasteiger partial charge in [0.05, 0.1) is 12.9 Å². The van der Waals surface area contributed by atoms with E-state index < -0.39 is 0 Å². The van der Waals surface area contributed by atoms with Crippen molar-refractivity contribution in [1.82, 2.24) is 25.2 Å². The van der Waals surface area contributed by atoms with E-state index in [9.17, 15) is 4.79 Å². The number of furan rings is 1. The molecule has 3 aromatic heterocycles. The van der Waals surface area contributed by atoms with Crippen molar-refractivity contribution in [2.75, 3.05) is 13.7 Å². The van der Waals surface area contributed by atoms with Crippen LogP contribution >= 0.6 is 0 Å². The van der Waals surface area contributed by atoms with Gasteiger partial charge < -0.3 is 19.8 Å². The van der Waals surface area contributed by atoms with Crippen LogP contribution in [0.5, 0.6) is 0 Å². The highest BCUT2D eigenvalue weighted by Gasteiger charge is 2.16. The number of amides is 2. The van der Waals surface area contributed by atoms with Crippen molar-refractivity contribution in [1.29, 1.82) is 0 Å². The molecule has 0 spiro atoms. The van der Waals surface area contributed by atoms with Gasteiger partial charge in [0.1, 0.15) is 23.9 Å². The molecule has 3 aromatic rings. The number of ether oxygens (including phenoxy) is 1. The van der Waals surface area contributed by atoms with Gasteiger partial charge >= 0.3 is 6.03 Å². The molecule has 2 amide bonds. The van der Waals surface area contributed by atoms with E-state index in [2.05, 4.69) is 20.6 Å². The third-order valence-electron chi connectivity index (χ3n) is 3.56. The van der Waals surface area contributed by atoms with Gasteiger partial charge in [-0.15, -0.1) is 0 Å². The van der Waals surface area contributed by atoms with Crippen molar-refractivity contribution in [2.24, 2.45) is 0 Å². The first-order valence-electron chi connectivity index (χ1n) is 7.76. The minimum Gasteiger partial charge on any atom is -0.467 e. The molecule has 3 rings (SSSR count). The Kier molecular flexibility index (Phi) is 5.43. The Hall–Kier alpha value is -3.13. The summed E-state index contributed by atoms with van der Waals surface area (Å²) >= 11 is 0. The minimum atomic E-state index is -0.346. The van der Waals surface area contributed by atoms with E-state index in [4.69, 9.17) is 9.15 Å². The minimum absolute atomic E-state index is 0.308. The Balaban J connectivity index is 1.53. The van der Waals surface area contributed by atoms with Gasteiger partial charge in [-0.05, 0) is 23.8 Å². The van der Waals surface area contributed by atoms with Crippen LogP contribution in [0.2, 0.25) is 0 Å². The van der Waals surface area contributed by atoms with E-state index in [0.717, 1.165) is 11.4 Å². The van der Waals surface area contributed by atoms with Crippen molar-refractivity contribution < 1.29 is 13.9 Å². The zero-order chi connectivity index (χ0) is 17.5. The maximum Gasteiger partial charge on any atom is 0.315 e. The van der Waals surface area contributed by atoms with Gasteiger partial charge in [0, 0.05) is 32.2 Å². The van der Waals surface area contributed by atoms with Crippen LogP contribution in [0.3, 0.4) is 0 Å². The SMILES string of the molecule is COCC(NC(=O)NCc1ccc(-n2ccnc2)nc1)c1ccco1. The lowest BCUT2D eigenvalue weighted by molar-refractivity contribution is 0.157. The quantitative estimate of drug-likeness (QED) is 0.686. The van der Waals surface area contributed by atoms with E-state index in [-0.39, 0.29) is 12.1 Å². The van der Waals surface area contributed by atoms with Crippen molar-refractivity contribution in [3.63, 3.8) is 0 Å². The molecule has 0 aromatic carbocycles. The number of imidazole rings is 1. The maximum absolute atomic E-state index is 12.1. The second-order valence-electron chi connectivity index (χ2n) is 5.34. The van der Waals surface area contributed by atoms with Gasteiger partial charge in [0.2, 0.25) is 0 Å². The molecule has 0 saturated heterocycles. The lowest BCUT2D eigenvalue weighted by Crippen LogP contribution is -2.39. The summed E-state index contributed by atoms with van der Waals surface area (Å²) in [4.78, 5) is 20.4. The molecule has 0 saturated carbocycles. The normalized spacial score (nSPS) is 11.9. The second kappa shape index (κ2) is 8.11. The molecule has 0 fully saturated rings. The molecule has 0 aliphatic heterocycles. The highest BCUT2D eigenvalue weighted by molar-refractivity contribution is 5.74. The third kappa shape index (κ3) is 4.45. The van der Waals surface area contributed by atoms with Crippen molar-refractivity contribution in [2.45, 2.75) is 12.6 Å². The zero-order valence-corrected chi connectivity index (χ0v) is 13.8. The Morgan fingerprint density at radius 3 is 2.96 bits per heavy atom. The van der Waals surface area contributed by atoms with Crippen LogP contribution in [-0.4, -0.2) is 34.3 Å². The van der Waals surface area contributed by atoms with Gasteiger partial charge in [-0.25, -0.2) is 14.8 Å². The largest absolute Gasteiger partial charge is 0.467 e. The number of aromatic nitrogens is 3. The summed E-state index contributed by atoms with van der Waals surface area (Å²) in [5.41, 5.74) is 0.889. The summed E-state index contributed by atoms with van der Waals surface area (Å²) < 4.78 is 12.2. The van der Waals surface area contributed by atoms with Crippen LogP contribution < -0.4 is 10.6 Å². The summed E-state index contributed by atoms with van der Waals surface area (Å²) in [5.74, 6) is 1.41. The highest BCUT2D eigenvalue weighted by atomic mass is 16.5. The van der Waals surface area contributed by atoms with Crippen LogP contribution in [0.25, 0.3) is 5.82 Å². The van der Waals surface area contributed by atoms with E-state index >= 15 is 0 Å². The fourth-order valence-electron chi connectivity index (χ4n) is 2.31. The number of pyridine rings is 1. The van der Waals surface area contributed by atoms with Crippen LogP contribution in [0, 0.1) is 0 Å². The lowest BCUT2D eigenvalue weighted by Gasteiger charge is -2.16. The predicted octanol–water partition coefficient (Wildman–Crippen LogP) is 2.05. The number of nitrogens with one attached hydrogen (secondary N) is 2. The summed E-state index contributed by atoms with van der Waals surface area (Å²) in [5, 5.41) is 5.62.